The van der Waals surface area contributed by atoms with Gasteiger partial charge in [0.1, 0.15) is 0 Å². The van der Waals surface area contributed by atoms with Crippen molar-refractivity contribution in [1.82, 2.24) is 4.90 Å². The largest absolute Gasteiger partial charge is 0.330 e. The van der Waals surface area contributed by atoms with Gasteiger partial charge in [-0.05, 0) is 42.4 Å². The summed E-state index contributed by atoms with van der Waals surface area (Å²) in [6.07, 6.45) is 0. The molecule has 19 heavy (non-hydrogen) atoms. The summed E-state index contributed by atoms with van der Waals surface area (Å²) in [5.41, 5.74) is 7.39. The van der Waals surface area contributed by atoms with Gasteiger partial charge in [0, 0.05) is 6.04 Å². The fraction of sp³-hybridized carbons (Fsp3) is 0.412. The number of hydrogen-bond donors (Lipinski definition) is 1. The lowest BCUT2D eigenvalue weighted by Gasteiger charge is -2.39. The Morgan fingerprint density at radius 3 is 2.32 bits per heavy atom. The third-order valence-electron chi connectivity index (χ3n) is 3.90. The topological polar surface area (TPSA) is 29.3 Å². The van der Waals surface area contributed by atoms with Crippen molar-refractivity contribution < 1.29 is 0 Å². The highest BCUT2D eigenvalue weighted by Crippen LogP contribution is 2.39. The van der Waals surface area contributed by atoms with Crippen LogP contribution in [0.1, 0.15) is 25.5 Å². The Hall–Kier alpha value is -1.38. The maximum atomic E-state index is 6.00. The minimum atomic E-state index is 0.0353. The first-order valence-electron chi connectivity index (χ1n) is 6.81. The van der Waals surface area contributed by atoms with E-state index in [1.165, 1.54) is 16.3 Å². The third kappa shape index (κ3) is 2.65. The Morgan fingerprint density at radius 1 is 1.05 bits per heavy atom. The van der Waals surface area contributed by atoms with Crippen molar-refractivity contribution in [3.05, 3.63) is 48.0 Å². The smallest absolute Gasteiger partial charge is 0.0411 e. The SMILES string of the molecule is CN(C)C(c1cccc2ccccc12)C(C)(C)CN. The zero-order valence-electron chi connectivity index (χ0n) is 12.4. The molecule has 0 aliphatic carbocycles. The van der Waals surface area contributed by atoms with Gasteiger partial charge in [0.05, 0.1) is 0 Å². The molecule has 2 N–H and O–H groups in total. The monoisotopic (exact) mass is 256 g/mol. The van der Waals surface area contributed by atoms with Crippen molar-refractivity contribution in [3.63, 3.8) is 0 Å². The van der Waals surface area contributed by atoms with E-state index >= 15 is 0 Å². The Balaban J connectivity index is 2.63. The molecule has 0 bridgehead atoms. The molecular formula is C17H24N2. The zero-order valence-corrected chi connectivity index (χ0v) is 12.4. The van der Waals surface area contributed by atoms with Crippen molar-refractivity contribution >= 4 is 10.8 Å². The predicted molar refractivity (Wildman–Crippen MR) is 83.2 cm³/mol. The molecule has 0 aliphatic rings. The number of fused-ring (bicyclic) bond motifs is 1. The molecule has 2 aromatic carbocycles. The van der Waals surface area contributed by atoms with Crippen molar-refractivity contribution in [1.29, 1.82) is 0 Å². The van der Waals surface area contributed by atoms with Crippen LogP contribution in [-0.4, -0.2) is 25.5 Å². The van der Waals surface area contributed by atoms with Gasteiger partial charge in [0.2, 0.25) is 0 Å². The first-order valence-corrected chi connectivity index (χ1v) is 6.81. The Morgan fingerprint density at radius 2 is 1.68 bits per heavy atom. The van der Waals surface area contributed by atoms with E-state index in [9.17, 15) is 0 Å². The van der Waals surface area contributed by atoms with Crippen LogP contribution in [0.25, 0.3) is 10.8 Å². The van der Waals surface area contributed by atoms with Gasteiger partial charge in [0.15, 0.2) is 0 Å². The molecule has 2 aromatic rings. The van der Waals surface area contributed by atoms with Gasteiger partial charge in [0.25, 0.3) is 0 Å². The summed E-state index contributed by atoms with van der Waals surface area (Å²) in [7, 11) is 4.26. The number of nitrogens with zero attached hydrogens (tertiary/aromatic N) is 1. The van der Waals surface area contributed by atoms with E-state index in [0.717, 1.165) is 0 Å². The quantitative estimate of drug-likeness (QED) is 0.908. The molecule has 2 heteroatoms. The highest BCUT2D eigenvalue weighted by atomic mass is 15.1. The molecule has 0 saturated heterocycles. The zero-order chi connectivity index (χ0) is 14.0. The van der Waals surface area contributed by atoms with Crippen LogP contribution in [-0.2, 0) is 0 Å². The fourth-order valence-electron chi connectivity index (χ4n) is 3.00. The van der Waals surface area contributed by atoms with Crippen LogP contribution in [0.2, 0.25) is 0 Å². The van der Waals surface area contributed by atoms with Gasteiger partial charge >= 0.3 is 0 Å². The summed E-state index contributed by atoms with van der Waals surface area (Å²) in [6, 6.07) is 15.4. The minimum absolute atomic E-state index is 0.0353. The average molecular weight is 256 g/mol. The van der Waals surface area contributed by atoms with Crippen LogP contribution in [0.15, 0.2) is 42.5 Å². The summed E-state index contributed by atoms with van der Waals surface area (Å²) >= 11 is 0. The maximum absolute atomic E-state index is 6.00. The second-order valence-corrected chi connectivity index (χ2v) is 6.13. The van der Waals surface area contributed by atoms with Gasteiger partial charge in [-0.15, -0.1) is 0 Å². The van der Waals surface area contributed by atoms with Crippen molar-refractivity contribution in [2.24, 2.45) is 11.1 Å². The van der Waals surface area contributed by atoms with E-state index in [-0.39, 0.29) is 5.41 Å². The van der Waals surface area contributed by atoms with Gasteiger partial charge in [-0.3, -0.25) is 0 Å². The van der Waals surface area contributed by atoms with E-state index in [4.69, 9.17) is 5.73 Å². The molecule has 0 saturated carbocycles. The molecule has 102 valence electrons. The number of nitrogens with two attached hydrogens (primary N) is 1. The average Bonchev–Trinajstić information content (AvgIpc) is 2.38. The van der Waals surface area contributed by atoms with Crippen LogP contribution < -0.4 is 5.73 Å². The molecule has 0 amide bonds. The molecule has 0 radical (unpaired) electrons. The summed E-state index contributed by atoms with van der Waals surface area (Å²) in [5, 5.41) is 2.62. The molecule has 1 atom stereocenters. The van der Waals surface area contributed by atoms with Crippen molar-refractivity contribution in [2.75, 3.05) is 20.6 Å². The third-order valence-corrected chi connectivity index (χ3v) is 3.90. The fourth-order valence-corrected chi connectivity index (χ4v) is 3.00. The van der Waals surface area contributed by atoms with Gasteiger partial charge < -0.3 is 10.6 Å². The Bertz CT molecular complexity index is 553. The van der Waals surface area contributed by atoms with Crippen LogP contribution in [0.5, 0.6) is 0 Å². The van der Waals surface area contributed by atoms with Crippen LogP contribution >= 0.6 is 0 Å². The lowest BCUT2D eigenvalue weighted by molar-refractivity contribution is 0.144. The van der Waals surface area contributed by atoms with Crippen LogP contribution in [0.3, 0.4) is 0 Å². The molecule has 0 fully saturated rings. The maximum Gasteiger partial charge on any atom is 0.0411 e. The van der Waals surface area contributed by atoms with E-state index in [2.05, 4.69) is 75.3 Å². The number of hydrogen-bond acceptors (Lipinski definition) is 2. The van der Waals surface area contributed by atoms with Gasteiger partial charge in [-0.25, -0.2) is 0 Å². The lowest BCUT2D eigenvalue weighted by Crippen LogP contribution is -2.38. The lowest BCUT2D eigenvalue weighted by atomic mass is 9.78. The number of benzene rings is 2. The molecule has 0 aromatic heterocycles. The normalized spacial score (nSPS) is 14.0. The highest BCUT2D eigenvalue weighted by molar-refractivity contribution is 5.86. The van der Waals surface area contributed by atoms with E-state index < -0.39 is 0 Å². The van der Waals surface area contributed by atoms with E-state index in [1.807, 2.05) is 0 Å². The first kappa shape index (κ1) is 14.0. The minimum Gasteiger partial charge on any atom is -0.330 e. The van der Waals surface area contributed by atoms with E-state index in [1.54, 1.807) is 0 Å². The second kappa shape index (κ2) is 5.32. The summed E-state index contributed by atoms with van der Waals surface area (Å²) in [6.45, 7) is 5.14. The molecule has 0 aliphatic heterocycles. The summed E-state index contributed by atoms with van der Waals surface area (Å²) < 4.78 is 0. The second-order valence-electron chi connectivity index (χ2n) is 6.13. The van der Waals surface area contributed by atoms with Crippen LogP contribution in [0.4, 0.5) is 0 Å². The molecule has 2 rings (SSSR count). The summed E-state index contributed by atoms with van der Waals surface area (Å²) in [5.74, 6) is 0. The van der Waals surface area contributed by atoms with Crippen molar-refractivity contribution in [2.45, 2.75) is 19.9 Å². The standard InChI is InChI=1S/C17H24N2/c1-17(2,12-18)16(19(3)4)15-11-7-9-13-8-5-6-10-14(13)15/h5-11,16H,12,18H2,1-4H3. The van der Waals surface area contributed by atoms with Gasteiger partial charge in [-0.2, -0.15) is 0 Å². The highest BCUT2D eigenvalue weighted by Gasteiger charge is 2.32. The predicted octanol–water partition coefficient (Wildman–Crippen LogP) is 3.43. The Kier molecular flexibility index (Phi) is 3.93. The van der Waals surface area contributed by atoms with E-state index in [0.29, 0.717) is 12.6 Å². The molecule has 2 nitrogen and oxygen atoms in total. The van der Waals surface area contributed by atoms with Crippen molar-refractivity contribution in [3.8, 4) is 0 Å². The molecule has 1 unspecified atom stereocenters. The first-order chi connectivity index (χ1) is 8.97. The molecule has 0 spiro atoms. The molecule has 0 heterocycles. The number of rotatable bonds is 4. The molecular weight excluding hydrogens is 232 g/mol. The summed E-state index contributed by atoms with van der Waals surface area (Å²) in [4.78, 5) is 2.27. The van der Waals surface area contributed by atoms with Gasteiger partial charge in [-0.1, -0.05) is 56.3 Å². The Labute approximate surface area is 116 Å². The van der Waals surface area contributed by atoms with Crippen LogP contribution in [0, 0.1) is 5.41 Å².